The molecule has 0 saturated heterocycles. The molecule has 0 spiro atoms. The van der Waals surface area contributed by atoms with Crippen LogP contribution in [0.5, 0.6) is 0 Å². The van der Waals surface area contributed by atoms with Gasteiger partial charge in [-0.05, 0) is 25.6 Å². The summed E-state index contributed by atoms with van der Waals surface area (Å²) in [5.74, 6) is 0. The summed E-state index contributed by atoms with van der Waals surface area (Å²) in [5.41, 5.74) is 0.897. The zero-order valence-electron chi connectivity index (χ0n) is 13.0. The van der Waals surface area contributed by atoms with Gasteiger partial charge in [-0.15, -0.1) is 0 Å². The van der Waals surface area contributed by atoms with Crippen molar-refractivity contribution in [3.63, 3.8) is 0 Å². The molecule has 0 amide bonds. The Kier molecular flexibility index (Phi) is 5.70. The minimum atomic E-state index is -0.704. The maximum absolute atomic E-state index is 10.6. The summed E-state index contributed by atoms with van der Waals surface area (Å²) in [5, 5.41) is 25.4. The van der Waals surface area contributed by atoms with Gasteiger partial charge in [-0.2, -0.15) is 5.10 Å². The molecule has 0 radical (unpaired) electrons. The van der Waals surface area contributed by atoms with Crippen LogP contribution in [-0.2, 0) is 6.54 Å². The van der Waals surface area contributed by atoms with Gasteiger partial charge in [0.2, 0.25) is 0 Å². The highest BCUT2D eigenvalue weighted by molar-refractivity contribution is 6.31. The molecule has 0 aliphatic rings. The number of aliphatic hydroxyl groups is 1. The molecule has 0 aliphatic carbocycles. The Bertz CT molecular complexity index is 676. The first kappa shape index (κ1) is 17.4. The number of hydrogen-bond donors (Lipinski definition) is 1. The Labute approximate surface area is 139 Å². The number of likely N-dealkylation sites (N-methyl/N-ethyl adjacent to an activating group) is 1. The number of benzene rings is 1. The van der Waals surface area contributed by atoms with Gasteiger partial charge in [0.1, 0.15) is 12.4 Å². The minimum Gasteiger partial charge on any atom is -0.390 e. The number of nitrogens with zero attached hydrogens (tertiary/aromatic N) is 4. The van der Waals surface area contributed by atoms with E-state index in [4.69, 9.17) is 11.6 Å². The van der Waals surface area contributed by atoms with E-state index in [0.29, 0.717) is 11.6 Å². The molecule has 8 heteroatoms. The summed E-state index contributed by atoms with van der Waals surface area (Å²) in [4.78, 5) is 12.1. The van der Waals surface area contributed by atoms with Crippen LogP contribution in [0.2, 0.25) is 5.02 Å². The number of aromatic nitrogens is 2. The zero-order valence-corrected chi connectivity index (χ0v) is 13.7. The van der Waals surface area contributed by atoms with Crippen molar-refractivity contribution in [1.82, 2.24) is 14.7 Å². The molecule has 2 aromatic rings. The number of rotatable bonds is 7. The third-order valence-electron chi connectivity index (χ3n) is 3.74. The second-order valence-corrected chi connectivity index (χ2v) is 5.88. The Balaban J connectivity index is 1.94. The lowest BCUT2D eigenvalue weighted by atomic mass is 10.1. The average molecular weight is 339 g/mol. The molecule has 1 aromatic carbocycles. The lowest BCUT2D eigenvalue weighted by molar-refractivity contribution is -0.385. The topological polar surface area (TPSA) is 84.4 Å². The molecule has 2 atom stereocenters. The van der Waals surface area contributed by atoms with Crippen LogP contribution in [0.25, 0.3) is 0 Å². The molecule has 2 unspecified atom stereocenters. The second-order valence-electron chi connectivity index (χ2n) is 5.47. The Morgan fingerprint density at radius 3 is 2.78 bits per heavy atom. The van der Waals surface area contributed by atoms with Gasteiger partial charge < -0.3 is 5.11 Å². The molecular formula is C15H19ClN4O3. The summed E-state index contributed by atoms with van der Waals surface area (Å²) in [6, 6.07) is 7.61. The Morgan fingerprint density at radius 2 is 2.17 bits per heavy atom. The fourth-order valence-corrected chi connectivity index (χ4v) is 2.66. The highest BCUT2D eigenvalue weighted by Crippen LogP contribution is 2.26. The summed E-state index contributed by atoms with van der Waals surface area (Å²) in [6.45, 7) is 2.58. The molecule has 23 heavy (non-hydrogen) atoms. The van der Waals surface area contributed by atoms with Gasteiger partial charge in [-0.1, -0.05) is 29.8 Å². The predicted octanol–water partition coefficient (Wildman–Crippen LogP) is 2.50. The van der Waals surface area contributed by atoms with Crippen LogP contribution in [0, 0.1) is 10.1 Å². The molecule has 2 rings (SSSR count). The van der Waals surface area contributed by atoms with E-state index in [1.807, 2.05) is 43.1 Å². The number of hydrogen-bond acceptors (Lipinski definition) is 5. The van der Waals surface area contributed by atoms with Gasteiger partial charge in [0.05, 0.1) is 17.6 Å². The van der Waals surface area contributed by atoms with E-state index in [-0.39, 0.29) is 18.3 Å². The van der Waals surface area contributed by atoms with Crippen molar-refractivity contribution >= 4 is 17.3 Å². The lowest BCUT2D eigenvalue weighted by Crippen LogP contribution is -2.34. The van der Waals surface area contributed by atoms with Crippen molar-refractivity contribution in [2.24, 2.45) is 0 Å². The average Bonchev–Trinajstić information content (AvgIpc) is 2.95. The van der Waals surface area contributed by atoms with Gasteiger partial charge in [0.25, 0.3) is 0 Å². The third kappa shape index (κ3) is 4.51. The summed E-state index contributed by atoms with van der Waals surface area (Å²) in [7, 11) is 1.89. The van der Waals surface area contributed by atoms with Crippen LogP contribution in [0.4, 0.5) is 5.69 Å². The highest BCUT2D eigenvalue weighted by atomic mass is 35.5. The zero-order chi connectivity index (χ0) is 17.0. The third-order valence-corrected chi connectivity index (χ3v) is 4.09. The molecule has 1 aromatic heterocycles. The van der Waals surface area contributed by atoms with Crippen LogP contribution in [0.3, 0.4) is 0 Å². The summed E-state index contributed by atoms with van der Waals surface area (Å²) in [6.07, 6.45) is 1.77. The van der Waals surface area contributed by atoms with Crippen molar-refractivity contribution < 1.29 is 10.0 Å². The molecular weight excluding hydrogens is 320 g/mol. The van der Waals surface area contributed by atoms with Crippen LogP contribution >= 0.6 is 11.6 Å². The van der Waals surface area contributed by atoms with E-state index < -0.39 is 11.0 Å². The number of nitro groups is 1. The van der Waals surface area contributed by atoms with E-state index in [1.165, 1.54) is 17.1 Å². The van der Waals surface area contributed by atoms with Crippen molar-refractivity contribution in [1.29, 1.82) is 0 Å². The van der Waals surface area contributed by atoms with Gasteiger partial charge in [0, 0.05) is 17.6 Å². The van der Waals surface area contributed by atoms with E-state index in [0.717, 1.165) is 5.56 Å². The molecule has 1 N–H and O–H groups in total. The fourth-order valence-electron chi connectivity index (χ4n) is 2.36. The fraction of sp³-hybridized carbons (Fsp3) is 0.400. The smallest absolute Gasteiger partial charge is 0.306 e. The quantitative estimate of drug-likeness (QED) is 0.619. The van der Waals surface area contributed by atoms with Crippen LogP contribution in [0.15, 0.2) is 36.7 Å². The van der Waals surface area contributed by atoms with Crippen molar-refractivity contribution in [2.45, 2.75) is 25.6 Å². The van der Waals surface area contributed by atoms with Crippen molar-refractivity contribution in [3.8, 4) is 0 Å². The first-order chi connectivity index (χ1) is 10.9. The molecule has 0 saturated carbocycles. The van der Waals surface area contributed by atoms with Crippen LogP contribution < -0.4 is 0 Å². The molecule has 1 heterocycles. The standard InChI is InChI=1S/C15H19ClN4O3/c1-11(14-5-3-4-6-15(14)16)18(2)9-13(21)10-19-8-12(7-17-19)20(22)23/h3-8,11,13,21H,9-10H2,1-2H3. The maximum atomic E-state index is 10.6. The molecule has 0 fully saturated rings. The normalized spacial score (nSPS) is 14.0. The number of aliphatic hydroxyl groups excluding tert-OH is 1. The van der Waals surface area contributed by atoms with Gasteiger partial charge >= 0.3 is 5.69 Å². The number of halogens is 1. The SMILES string of the molecule is CC(c1ccccc1Cl)N(C)CC(O)Cn1cc([N+](=O)[O-])cn1. The van der Waals surface area contributed by atoms with Crippen molar-refractivity contribution in [3.05, 3.63) is 57.4 Å². The molecule has 7 nitrogen and oxygen atoms in total. The lowest BCUT2D eigenvalue weighted by Gasteiger charge is -2.27. The summed E-state index contributed by atoms with van der Waals surface area (Å²) < 4.78 is 1.37. The second kappa shape index (κ2) is 7.54. The Morgan fingerprint density at radius 1 is 1.48 bits per heavy atom. The summed E-state index contributed by atoms with van der Waals surface area (Å²) >= 11 is 6.19. The monoisotopic (exact) mass is 338 g/mol. The predicted molar refractivity (Wildman–Crippen MR) is 87.4 cm³/mol. The van der Waals surface area contributed by atoms with Crippen molar-refractivity contribution in [2.75, 3.05) is 13.6 Å². The maximum Gasteiger partial charge on any atom is 0.306 e. The van der Waals surface area contributed by atoms with Gasteiger partial charge in [-0.25, -0.2) is 0 Å². The highest BCUT2D eigenvalue weighted by Gasteiger charge is 2.18. The first-order valence-electron chi connectivity index (χ1n) is 7.18. The molecule has 0 aliphatic heterocycles. The first-order valence-corrected chi connectivity index (χ1v) is 7.56. The van der Waals surface area contributed by atoms with E-state index in [9.17, 15) is 15.2 Å². The minimum absolute atomic E-state index is 0.0327. The van der Waals surface area contributed by atoms with Gasteiger partial charge in [0.15, 0.2) is 0 Å². The van der Waals surface area contributed by atoms with E-state index in [1.54, 1.807) is 0 Å². The van der Waals surface area contributed by atoms with E-state index >= 15 is 0 Å². The Hall–Kier alpha value is -1.96. The van der Waals surface area contributed by atoms with Crippen LogP contribution in [0.1, 0.15) is 18.5 Å². The van der Waals surface area contributed by atoms with E-state index in [2.05, 4.69) is 5.10 Å². The molecule has 124 valence electrons. The largest absolute Gasteiger partial charge is 0.390 e. The molecule has 0 bridgehead atoms. The van der Waals surface area contributed by atoms with Crippen LogP contribution in [-0.4, -0.2) is 44.4 Å². The van der Waals surface area contributed by atoms with Gasteiger partial charge in [-0.3, -0.25) is 19.7 Å².